The maximum atomic E-state index is 13.3. The van der Waals surface area contributed by atoms with Gasteiger partial charge in [0, 0.05) is 18.4 Å². The summed E-state index contributed by atoms with van der Waals surface area (Å²) in [5.74, 6) is -0.124. The molecule has 3 nitrogen and oxygen atoms in total. The number of nitrogens with zero attached hydrogens (tertiary/aromatic N) is 1. The summed E-state index contributed by atoms with van der Waals surface area (Å²) < 4.78 is 13.2. The SMILES string of the molecule is C[C@H](O)C[C@]1(c2ccccc2)CCN([C@@H](C)c2ccc(-c3ccc(F)cc3)cc2)C(=O)C1. The lowest BCUT2D eigenvalue weighted by atomic mass is 9.69. The van der Waals surface area contributed by atoms with Crippen LogP contribution in [0.5, 0.6) is 0 Å². The highest BCUT2D eigenvalue weighted by Gasteiger charge is 2.42. The van der Waals surface area contributed by atoms with Gasteiger partial charge in [0.2, 0.25) is 5.91 Å². The van der Waals surface area contributed by atoms with Crippen molar-refractivity contribution >= 4 is 5.91 Å². The van der Waals surface area contributed by atoms with E-state index in [0.717, 1.165) is 28.7 Å². The molecule has 1 saturated heterocycles. The molecule has 1 aliphatic rings. The number of halogens is 1. The Morgan fingerprint density at radius 2 is 1.53 bits per heavy atom. The molecule has 1 heterocycles. The lowest BCUT2D eigenvalue weighted by Crippen LogP contribution is -2.48. The smallest absolute Gasteiger partial charge is 0.223 e. The van der Waals surface area contributed by atoms with Crippen LogP contribution in [0.2, 0.25) is 0 Å². The number of hydrogen-bond acceptors (Lipinski definition) is 2. The second-order valence-electron chi connectivity index (χ2n) is 9.02. The quantitative estimate of drug-likeness (QED) is 0.529. The maximum Gasteiger partial charge on any atom is 0.223 e. The van der Waals surface area contributed by atoms with E-state index in [1.807, 2.05) is 47.4 Å². The highest BCUT2D eigenvalue weighted by atomic mass is 19.1. The molecule has 0 radical (unpaired) electrons. The first-order valence-corrected chi connectivity index (χ1v) is 11.3. The van der Waals surface area contributed by atoms with Crippen LogP contribution in [0, 0.1) is 5.82 Å². The topological polar surface area (TPSA) is 40.5 Å². The Kier molecular flexibility index (Phi) is 6.43. The molecule has 4 rings (SSSR count). The van der Waals surface area contributed by atoms with Crippen molar-refractivity contribution < 1.29 is 14.3 Å². The molecule has 1 fully saturated rings. The minimum absolute atomic E-state index is 0.0370. The van der Waals surface area contributed by atoms with Crippen LogP contribution in [0.4, 0.5) is 4.39 Å². The molecule has 1 aliphatic heterocycles. The Balaban J connectivity index is 1.51. The lowest BCUT2D eigenvalue weighted by Gasteiger charge is -2.44. The van der Waals surface area contributed by atoms with Gasteiger partial charge in [-0.1, -0.05) is 66.7 Å². The Hall–Kier alpha value is -2.98. The zero-order valence-corrected chi connectivity index (χ0v) is 18.7. The van der Waals surface area contributed by atoms with E-state index in [2.05, 4.69) is 19.1 Å². The number of carbonyl (C=O) groups is 1. The van der Waals surface area contributed by atoms with E-state index in [1.165, 1.54) is 12.1 Å². The van der Waals surface area contributed by atoms with Gasteiger partial charge in [-0.05, 0) is 61.1 Å². The first-order valence-electron chi connectivity index (χ1n) is 11.3. The van der Waals surface area contributed by atoms with E-state index in [9.17, 15) is 14.3 Å². The average Bonchev–Trinajstić information content (AvgIpc) is 2.79. The van der Waals surface area contributed by atoms with Gasteiger partial charge in [-0.15, -0.1) is 0 Å². The van der Waals surface area contributed by atoms with Gasteiger partial charge in [-0.25, -0.2) is 4.39 Å². The number of aliphatic hydroxyl groups excluding tert-OH is 1. The first kappa shape index (κ1) is 22.2. The number of likely N-dealkylation sites (tertiary alicyclic amines) is 1. The van der Waals surface area contributed by atoms with E-state index >= 15 is 0 Å². The number of carbonyl (C=O) groups excluding carboxylic acids is 1. The fourth-order valence-electron chi connectivity index (χ4n) is 5.02. The van der Waals surface area contributed by atoms with Crippen molar-refractivity contribution in [3.8, 4) is 11.1 Å². The van der Waals surface area contributed by atoms with E-state index in [1.54, 1.807) is 19.1 Å². The van der Waals surface area contributed by atoms with Gasteiger partial charge in [0.1, 0.15) is 5.82 Å². The monoisotopic (exact) mass is 431 g/mol. The van der Waals surface area contributed by atoms with Gasteiger partial charge in [0.05, 0.1) is 12.1 Å². The molecule has 0 spiro atoms. The molecular weight excluding hydrogens is 401 g/mol. The number of aliphatic hydroxyl groups is 1. The van der Waals surface area contributed by atoms with Crippen molar-refractivity contribution in [2.24, 2.45) is 0 Å². The van der Waals surface area contributed by atoms with Gasteiger partial charge in [0.25, 0.3) is 0 Å². The van der Waals surface area contributed by atoms with E-state index in [0.29, 0.717) is 19.4 Å². The van der Waals surface area contributed by atoms with Crippen LogP contribution in [-0.4, -0.2) is 28.6 Å². The van der Waals surface area contributed by atoms with Gasteiger partial charge in [-0.3, -0.25) is 4.79 Å². The summed E-state index contributed by atoms with van der Waals surface area (Å²) in [6, 6.07) is 24.7. The molecule has 0 unspecified atom stereocenters. The molecule has 1 amide bonds. The zero-order chi connectivity index (χ0) is 22.7. The van der Waals surface area contributed by atoms with Crippen molar-refractivity contribution in [2.75, 3.05) is 6.54 Å². The Morgan fingerprint density at radius 1 is 0.938 bits per heavy atom. The number of amides is 1. The fraction of sp³-hybridized carbons (Fsp3) is 0.321. The zero-order valence-electron chi connectivity index (χ0n) is 18.7. The Bertz CT molecular complexity index is 1050. The van der Waals surface area contributed by atoms with Gasteiger partial charge < -0.3 is 10.0 Å². The van der Waals surface area contributed by atoms with Crippen LogP contribution in [0.3, 0.4) is 0 Å². The molecule has 0 saturated carbocycles. The van der Waals surface area contributed by atoms with Gasteiger partial charge in [-0.2, -0.15) is 0 Å². The Morgan fingerprint density at radius 3 is 2.09 bits per heavy atom. The molecule has 4 heteroatoms. The third-order valence-corrected chi connectivity index (χ3v) is 6.75. The largest absolute Gasteiger partial charge is 0.393 e. The second-order valence-corrected chi connectivity index (χ2v) is 9.02. The standard InChI is InChI=1S/C28H30FNO2/c1-20(31)18-28(25-6-4-3-5-7-25)16-17-30(27(32)19-28)21(2)22-8-10-23(11-9-22)24-12-14-26(29)15-13-24/h3-15,20-21,31H,16-19H2,1-2H3/t20-,21-,28+/m0/s1. The van der Waals surface area contributed by atoms with Crippen LogP contribution >= 0.6 is 0 Å². The van der Waals surface area contributed by atoms with E-state index in [-0.39, 0.29) is 23.2 Å². The predicted octanol–water partition coefficient (Wildman–Crippen LogP) is 5.89. The summed E-state index contributed by atoms with van der Waals surface area (Å²) in [6.45, 7) is 4.52. The second kappa shape index (κ2) is 9.25. The number of rotatable bonds is 6. The number of benzene rings is 3. The van der Waals surface area contributed by atoms with Crippen LogP contribution in [0.1, 0.15) is 50.3 Å². The summed E-state index contributed by atoms with van der Waals surface area (Å²) in [6.07, 6.45) is 1.34. The first-order chi connectivity index (χ1) is 15.4. The Labute approximate surface area is 189 Å². The molecule has 32 heavy (non-hydrogen) atoms. The van der Waals surface area contributed by atoms with Crippen LogP contribution in [0.15, 0.2) is 78.9 Å². The van der Waals surface area contributed by atoms with Crippen molar-refractivity contribution in [3.05, 3.63) is 95.8 Å². The highest BCUT2D eigenvalue weighted by Crippen LogP contribution is 2.42. The number of hydrogen-bond donors (Lipinski definition) is 1. The third-order valence-electron chi connectivity index (χ3n) is 6.75. The van der Waals surface area contributed by atoms with Crippen LogP contribution in [0.25, 0.3) is 11.1 Å². The van der Waals surface area contributed by atoms with Gasteiger partial charge >= 0.3 is 0 Å². The molecule has 3 atom stereocenters. The molecule has 0 bridgehead atoms. The molecule has 3 aromatic rings. The summed E-state index contributed by atoms with van der Waals surface area (Å²) in [4.78, 5) is 15.3. The van der Waals surface area contributed by atoms with Crippen molar-refractivity contribution in [2.45, 2.75) is 50.7 Å². The molecule has 3 aromatic carbocycles. The van der Waals surface area contributed by atoms with Crippen molar-refractivity contribution in [1.82, 2.24) is 4.90 Å². The van der Waals surface area contributed by atoms with Gasteiger partial charge in [0.15, 0.2) is 0 Å². The minimum atomic E-state index is -0.467. The van der Waals surface area contributed by atoms with E-state index in [4.69, 9.17) is 0 Å². The normalized spacial score (nSPS) is 20.8. The minimum Gasteiger partial charge on any atom is -0.393 e. The molecule has 1 N–H and O–H groups in total. The van der Waals surface area contributed by atoms with E-state index < -0.39 is 6.10 Å². The third kappa shape index (κ3) is 4.61. The molecular formula is C28H30FNO2. The molecule has 0 aliphatic carbocycles. The lowest BCUT2D eigenvalue weighted by molar-refractivity contribution is -0.138. The summed E-state index contributed by atoms with van der Waals surface area (Å²) in [5.41, 5.74) is 3.86. The summed E-state index contributed by atoms with van der Waals surface area (Å²) >= 11 is 0. The molecule has 0 aromatic heterocycles. The fourth-order valence-corrected chi connectivity index (χ4v) is 5.02. The highest BCUT2D eigenvalue weighted by molar-refractivity contribution is 5.79. The number of piperidine rings is 1. The van der Waals surface area contributed by atoms with Crippen LogP contribution < -0.4 is 0 Å². The molecule has 166 valence electrons. The predicted molar refractivity (Wildman–Crippen MR) is 126 cm³/mol. The van der Waals surface area contributed by atoms with Crippen molar-refractivity contribution in [3.63, 3.8) is 0 Å². The summed E-state index contributed by atoms with van der Waals surface area (Å²) in [7, 11) is 0. The van der Waals surface area contributed by atoms with Crippen molar-refractivity contribution in [1.29, 1.82) is 0 Å². The summed E-state index contributed by atoms with van der Waals surface area (Å²) in [5, 5.41) is 10.2. The van der Waals surface area contributed by atoms with Crippen LogP contribution in [-0.2, 0) is 10.2 Å². The average molecular weight is 432 g/mol. The maximum absolute atomic E-state index is 13.3.